The Morgan fingerprint density at radius 3 is 3.05 bits per heavy atom. The van der Waals surface area contributed by atoms with E-state index in [2.05, 4.69) is 47.6 Å². The lowest BCUT2D eigenvalue weighted by Crippen LogP contribution is -2.44. The molecule has 1 atom stereocenters. The van der Waals surface area contributed by atoms with Gasteiger partial charge in [0.1, 0.15) is 0 Å². The van der Waals surface area contributed by atoms with E-state index in [-0.39, 0.29) is 0 Å². The van der Waals surface area contributed by atoms with Crippen LogP contribution in [0.15, 0.2) is 30.3 Å². The van der Waals surface area contributed by atoms with Gasteiger partial charge in [-0.25, -0.2) is 0 Å². The van der Waals surface area contributed by atoms with E-state index < -0.39 is 0 Å². The van der Waals surface area contributed by atoms with Gasteiger partial charge in [0.25, 0.3) is 0 Å². The van der Waals surface area contributed by atoms with Crippen LogP contribution in [-0.4, -0.2) is 37.6 Å². The highest BCUT2D eigenvalue weighted by Crippen LogP contribution is 2.26. The van der Waals surface area contributed by atoms with Crippen LogP contribution in [0.1, 0.15) is 24.1 Å². The normalized spacial score (nSPS) is 19.8. The number of nitrogens with one attached hydrogen (secondary N) is 1. The molecule has 1 unspecified atom stereocenters. The van der Waals surface area contributed by atoms with Crippen molar-refractivity contribution in [3.05, 3.63) is 35.2 Å². The SMILES string of the molecule is CN(CCCc1cc2ccccc2s1)C1CCCNC1. The van der Waals surface area contributed by atoms with Crippen LogP contribution in [0.3, 0.4) is 0 Å². The average Bonchev–Trinajstić information content (AvgIpc) is 2.90. The number of hydrogen-bond acceptors (Lipinski definition) is 3. The summed E-state index contributed by atoms with van der Waals surface area (Å²) in [6.07, 6.45) is 5.15. The summed E-state index contributed by atoms with van der Waals surface area (Å²) in [5.74, 6) is 0. The Morgan fingerprint density at radius 1 is 1.35 bits per heavy atom. The first-order valence-corrected chi connectivity index (χ1v) is 8.53. The molecule has 0 saturated carbocycles. The Labute approximate surface area is 125 Å². The summed E-state index contributed by atoms with van der Waals surface area (Å²) in [7, 11) is 2.28. The Balaban J connectivity index is 1.49. The minimum absolute atomic E-state index is 0.742. The number of thiophene rings is 1. The van der Waals surface area contributed by atoms with Crippen LogP contribution in [0.25, 0.3) is 10.1 Å². The second-order valence-electron chi connectivity index (χ2n) is 5.83. The van der Waals surface area contributed by atoms with E-state index in [0.29, 0.717) is 0 Å². The average molecular weight is 288 g/mol. The fourth-order valence-corrected chi connectivity index (χ4v) is 4.16. The zero-order valence-corrected chi connectivity index (χ0v) is 13.1. The molecule has 3 heteroatoms. The van der Waals surface area contributed by atoms with Crippen molar-refractivity contribution in [1.29, 1.82) is 0 Å². The molecule has 1 aromatic carbocycles. The third-order valence-corrected chi connectivity index (χ3v) is 5.48. The largest absolute Gasteiger partial charge is 0.315 e. The lowest BCUT2D eigenvalue weighted by molar-refractivity contribution is 0.201. The van der Waals surface area contributed by atoms with Crippen molar-refractivity contribution in [3.8, 4) is 0 Å². The molecule has 2 heterocycles. The number of benzene rings is 1. The van der Waals surface area contributed by atoms with Gasteiger partial charge in [0.15, 0.2) is 0 Å². The van der Waals surface area contributed by atoms with Crippen molar-refractivity contribution in [1.82, 2.24) is 10.2 Å². The lowest BCUT2D eigenvalue weighted by atomic mass is 10.1. The van der Waals surface area contributed by atoms with Crippen LogP contribution in [0.4, 0.5) is 0 Å². The van der Waals surface area contributed by atoms with Crippen LogP contribution in [0, 0.1) is 0 Å². The molecular formula is C17H24N2S. The van der Waals surface area contributed by atoms with Crippen LogP contribution < -0.4 is 5.32 Å². The summed E-state index contributed by atoms with van der Waals surface area (Å²) in [6.45, 7) is 3.58. The fourth-order valence-electron chi connectivity index (χ4n) is 3.05. The van der Waals surface area contributed by atoms with Crippen LogP contribution in [0.5, 0.6) is 0 Å². The van der Waals surface area contributed by atoms with Crippen LogP contribution in [-0.2, 0) is 6.42 Å². The standard InChI is InChI=1S/C17H24N2S/c1-19(15-7-4-10-18-13-15)11-5-8-16-12-14-6-2-3-9-17(14)20-16/h2-3,6,9,12,15,18H,4-5,7-8,10-11,13H2,1H3. The molecule has 1 saturated heterocycles. The predicted octanol–water partition coefficient (Wildman–Crippen LogP) is 3.52. The molecule has 1 aliphatic heterocycles. The molecule has 0 bridgehead atoms. The van der Waals surface area contributed by atoms with E-state index >= 15 is 0 Å². The molecule has 2 aromatic rings. The smallest absolute Gasteiger partial charge is 0.0345 e. The molecule has 1 N–H and O–H groups in total. The van der Waals surface area contributed by atoms with Gasteiger partial charge in [-0.3, -0.25) is 0 Å². The zero-order valence-electron chi connectivity index (χ0n) is 12.3. The topological polar surface area (TPSA) is 15.3 Å². The maximum atomic E-state index is 3.50. The highest BCUT2D eigenvalue weighted by Gasteiger charge is 2.16. The number of fused-ring (bicyclic) bond motifs is 1. The summed E-state index contributed by atoms with van der Waals surface area (Å²) < 4.78 is 1.42. The Bertz CT molecular complexity index is 510. The van der Waals surface area contributed by atoms with E-state index in [9.17, 15) is 0 Å². The first-order chi connectivity index (χ1) is 9.83. The maximum absolute atomic E-state index is 3.50. The number of aryl methyl sites for hydroxylation is 1. The molecule has 1 fully saturated rings. The van der Waals surface area contributed by atoms with Crippen molar-refractivity contribution in [2.75, 3.05) is 26.7 Å². The number of nitrogens with zero attached hydrogens (tertiary/aromatic N) is 1. The molecule has 0 amide bonds. The van der Waals surface area contributed by atoms with Crippen molar-refractivity contribution < 1.29 is 0 Å². The van der Waals surface area contributed by atoms with Crippen LogP contribution in [0.2, 0.25) is 0 Å². The number of piperidine rings is 1. The van der Waals surface area contributed by atoms with Crippen molar-refractivity contribution >= 4 is 21.4 Å². The van der Waals surface area contributed by atoms with Gasteiger partial charge in [-0.1, -0.05) is 18.2 Å². The van der Waals surface area contributed by atoms with Crippen molar-refractivity contribution in [2.45, 2.75) is 31.7 Å². The summed E-state index contributed by atoms with van der Waals surface area (Å²) in [6, 6.07) is 11.8. The van der Waals surface area contributed by atoms with Gasteiger partial charge in [0, 0.05) is 22.2 Å². The predicted molar refractivity (Wildman–Crippen MR) is 88.7 cm³/mol. The maximum Gasteiger partial charge on any atom is 0.0345 e. The summed E-state index contributed by atoms with van der Waals surface area (Å²) in [4.78, 5) is 4.07. The van der Waals surface area contributed by atoms with Gasteiger partial charge in [0.2, 0.25) is 0 Å². The van der Waals surface area contributed by atoms with E-state index in [0.717, 1.165) is 6.04 Å². The minimum atomic E-state index is 0.742. The van der Waals surface area contributed by atoms with Gasteiger partial charge >= 0.3 is 0 Å². The second-order valence-corrected chi connectivity index (χ2v) is 7.00. The van der Waals surface area contributed by atoms with E-state index in [1.807, 2.05) is 11.3 Å². The Kier molecular flexibility index (Phi) is 4.71. The number of likely N-dealkylation sites (N-methyl/N-ethyl adjacent to an activating group) is 1. The third-order valence-electron chi connectivity index (χ3n) is 4.30. The molecule has 3 rings (SSSR count). The van der Waals surface area contributed by atoms with E-state index in [4.69, 9.17) is 0 Å². The highest BCUT2D eigenvalue weighted by atomic mass is 32.1. The second kappa shape index (κ2) is 6.70. The lowest BCUT2D eigenvalue weighted by Gasteiger charge is -2.31. The van der Waals surface area contributed by atoms with Crippen LogP contribution >= 0.6 is 11.3 Å². The number of hydrogen-bond donors (Lipinski definition) is 1. The minimum Gasteiger partial charge on any atom is -0.315 e. The zero-order chi connectivity index (χ0) is 13.8. The fraction of sp³-hybridized carbons (Fsp3) is 0.529. The molecule has 1 aromatic heterocycles. The molecule has 0 aliphatic carbocycles. The molecule has 2 nitrogen and oxygen atoms in total. The summed E-state index contributed by atoms with van der Waals surface area (Å²) in [5, 5.41) is 4.90. The quantitative estimate of drug-likeness (QED) is 0.905. The molecular weight excluding hydrogens is 264 g/mol. The van der Waals surface area contributed by atoms with E-state index in [1.54, 1.807) is 0 Å². The first kappa shape index (κ1) is 14.1. The van der Waals surface area contributed by atoms with Gasteiger partial charge in [0.05, 0.1) is 0 Å². The molecule has 0 spiro atoms. The van der Waals surface area contributed by atoms with Crippen molar-refractivity contribution in [2.24, 2.45) is 0 Å². The number of rotatable bonds is 5. The first-order valence-electron chi connectivity index (χ1n) is 7.71. The van der Waals surface area contributed by atoms with Gasteiger partial charge < -0.3 is 10.2 Å². The van der Waals surface area contributed by atoms with Crippen molar-refractivity contribution in [3.63, 3.8) is 0 Å². The Morgan fingerprint density at radius 2 is 2.25 bits per heavy atom. The van der Waals surface area contributed by atoms with Gasteiger partial charge in [-0.2, -0.15) is 0 Å². The van der Waals surface area contributed by atoms with Gasteiger partial charge in [-0.15, -0.1) is 11.3 Å². The molecule has 20 heavy (non-hydrogen) atoms. The third kappa shape index (κ3) is 3.40. The molecule has 108 valence electrons. The monoisotopic (exact) mass is 288 g/mol. The van der Waals surface area contributed by atoms with Gasteiger partial charge in [-0.05, 0) is 63.3 Å². The Hall–Kier alpha value is -0.900. The summed E-state index contributed by atoms with van der Waals surface area (Å²) in [5.41, 5.74) is 0. The molecule has 0 radical (unpaired) electrons. The van der Waals surface area contributed by atoms with E-state index in [1.165, 1.54) is 60.3 Å². The summed E-state index contributed by atoms with van der Waals surface area (Å²) >= 11 is 1.95. The molecule has 1 aliphatic rings. The highest BCUT2D eigenvalue weighted by molar-refractivity contribution is 7.19.